The van der Waals surface area contributed by atoms with E-state index in [2.05, 4.69) is 31.7 Å². The quantitative estimate of drug-likeness (QED) is 0.676. The molecule has 0 aliphatic heterocycles. The van der Waals surface area contributed by atoms with Gasteiger partial charge in [-0.1, -0.05) is 43.0 Å². The van der Waals surface area contributed by atoms with Crippen molar-refractivity contribution in [2.24, 2.45) is 0 Å². The third-order valence-corrected chi connectivity index (χ3v) is 5.20. The molecular weight excluding hydrogens is 408 g/mol. The summed E-state index contributed by atoms with van der Waals surface area (Å²) in [5.74, 6) is 0.734. The lowest BCUT2D eigenvalue weighted by atomic mass is 9.96. The second-order valence-corrected chi connectivity index (χ2v) is 7.78. The highest BCUT2D eigenvalue weighted by Gasteiger charge is 2.15. The van der Waals surface area contributed by atoms with Gasteiger partial charge in [-0.2, -0.15) is 5.10 Å². The number of thiocarbonyl (C=S) groups is 1. The van der Waals surface area contributed by atoms with Crippen LogP contribution < -0.4 is 10.6 Å². The molecule has 4 nitrogen and oxygen atoms in total. The van der Waals surface area contributed by atoms with Gasteiger partial charge in [-0.05, 0) is 58.7 Å². The Balaban J connectivity index is 1.58. The first-order chi connectivity index (χ1) is 11.6. The van der Waals surface area contributed by atoms with E-state index >= 15 is 0 Å². The number of nitrogens with one attached hydrogen (secondary N) is 2. The number of aromatic nitrogens is 2. The highest BCUT2D eigenvalue weighted by Crippen LogP contribution is 2.22. The summed E-state index contributed by atoms with van der Waals surface area (Å²) in [6.07, 6.45) is 8.21. The van der Waals surface area contributed by atoms with Gasteiger partial charge in [0.2, 0.25) is 0 Å². The third kappa shape index (κ3) is 4.94. The van der Waals surface area contributed by atoms with Crippen LogP contribution in [0.25, 0.3) is 0 Å². The maximum absolute atomic E-state index is 5.92. The molecule has 7 heteroatoms. The van der Waals surface area contributed by atoms with Crippen LogP contribution in [0.2, 0.25) is 5.02 Å². The molecule has 2 aromatic rings. The molecule has 0 spiro atoms. The fourth-order valence-electron chi connectivity index (χ4n) is 2.92. The molecule has 1 aromatic heterocycles. The van der Waals surface area contributed by atoms with Crippen molar-refractivity contribution >= 4 is 50.7 Å². The lowest BCUT2D eigenvalue weighted by Gasteiger charge is -2.24. The van der Waals surface area contributed by atoms with Crippen LogP contribution >= 0.6 is 39.7 Å². The summed E-state index contributed by atoms with van der Waals surface area (Å²) in [5.41, 5.74) is 1.14. The fourth-order valence-corrected chi connectivity index (χ4v) is 3.72. The van der Waals surface area contributed by atoms with E-state index in [0.29, 0.717) is 17.7 Å². The van der Waals surface area contributed by atoms with Gasteiger partial charge in [0.25, 0.3) is 0 Å². The zero-order valence-corrected chi connectivity index (χ0v) is 16.4. The van der Waals surface area contributed by atoms with Crippen molar-refractivity contribution in [3.8, 4) is 0 Å². The Morgan fingerprint density at radius 2 is 1.96 bits per heavy atom. The molecule has 0 unspecified atom stereocenters. The molecule has 1 heterocycles. The van der Waals surface area contributed by atoms with Crippen LogP contribution in [0, 0.1) is 0 Å². The molecule has 1 aromatic carbocycles. The van der Waals surface area contributed by atoms with E-state index in [1.165, 1.54) is 32.1 Å². The van der Waals surface area contributed by atoms with Gasteiger partial charge in [0.05, 0.1) is 11.0 Å². The Morgan fingerprint density at radius 3 is 2.67 bits per heavy atom. The number of benzene rings is 1. The SMILES string of the molecule is S=C(Nc1nn(Cc2ccc(Cl)cc2)cc1Br)NC1CCCCC1. The number of hydrogen-bond acceptors (Lipinski definition) is 2. The van der Waals surface area contributed by atoms with Crippen LogP contribution in [-0.4, -0.2) is 20.9 Å². The summed E-state index contributed by atoms with van der Waals surface area (Å²) < 4.78 is 2.77. The van der Waals surface area contributed by atoms with E-state index in [4.69, 9.17) is 23.8 Å². The average molecular weight is 428 g/mol. The molecule has 0 bridgehead atoms. The highest BCUT2D eigenvalue weighted by molar-refractivity contribution is 9.10. The number of halogens is 2. The third-order valence-electron chi connectivity index (χ3n) is 4.15. The number of rotatable bonds is 4. The van der Waals surface area contributed by atoms with Gasteiger partial charge >= 0.3 is 0 Å². The minimum absolute atomic E-state index is 0.480. The Kier molecular flexibility index (Phi) is 6.14. The first-order valence-electron chi connectivity index (χ1n) is 8.15. The second-order valence-electron chi connectivity index (χ2n) is 6.08. The zero-order valence-electron chi connectivity index (χ0n) is 13.3. The minimum atomic E-state index is 0.480. The molecule has 0 radical (unpaired) electrons. The summed E-state index contributed by atoms with van der Waals surface area (Å²) in [6, 6.07) is 8.25. The summed E-state index contributed by atoms with van der Waals surface area (Å²) in [4.78, 5) is 0. The van der Waals surface area contributed by atoms with Crippen molar-refractivity contribution in [1.29, 1.82) is 0 Å². The van der Waals surface area contributed by atoms with Crippen LogP contribution in [0.1, 0.15) is 37.7 Å². The standard InChI is InChI=1S/C17H20BrClN4S/c18-15-11-23(10-12-6-8-13(19)9-7-12)22-16(15)21-17(24)20-14-4-2-1-3-5-14/h6-9,11,14H,1-5,10H2,(H2,20,21,22,24). The topological polar surface area (TPSA) is 41.9 Å². The van der Waals surface area contributed by atoms with Crippen molar-refractivity contribution in [3.63, 3.8) is 0 Å². The Morgan fingerprint density at radius 1 is 1.25 bits per heavy atom. The zero-order chi connectivity index (χ0) is 16.9. The van der Waals surface area contributed by atoms with Crippen LogP contribution in [0.5, 0.6) is 0 Å². The van der Waals surface area contributed by atoms with Gasteiger partial charge in [0.1, 0.15) is 0 Å². The molecule has 2 N–H and O–H groups in total. The second kappa shape index (κ2) is 8.32. The van der Waals surface area contributed by atoms with E-state index < -0.39 is 0 Å². The monoisotopic (exact) mass is 426 g/mol. The van der Waals surface area contributed by atoms with Crippen LogP contribution in [-0.2, 0) is 6.54 Å². The molecule has 24 heavy (non-hydrogen) atoms. The van der Waals surface area contributed by atoms with Gasteiger partial charge in [-0.15, -0.1) is 0 Å². The lowest BCUT2D eigenvalue weighted by molar-refractivity contribution is 0.414. The van der Waals surface area contributed by atoms with Gasteiger partial charge in [-0.25, -0.2) is 0 Å². The van der Waals surface area contributed by atoms with Crippen molar-refractivity contribution in [2.75, 3.05) is 5.32 Å². The predicted octanol–water partition coefficient (Wildman–Crippen LogP) is 4.97. The minimum Gasteiger partial charge on any atom is -0.360 e. The molecule has 3 rings (SSSR count). The van der Waals surface area contributed by atoms with Gasteiger partial charge in [-0.3, -0.25) is 4.68 Å². The van der Waals surface area contributed by atoms with E-state index in [9.17, 15) is 0 Å². The Bertz CT molecular complexity index is 695. The summed E-state index contributed by atoms with van der Waals surface area (Å²) in [7, 11) is 0. The van der Waals surface area contributed by atoms with Crippen LogP contribution in [0.4, 0.5) is 5.82 Å². The molecular formula is C17H20BrClN4S. The highest BCUT2D eigenvalue weighted by atomic mass is 79.9. The lowest BCUT2D eigenvalue weighted by Crippen LogP contribution is -2.39. The molecule has 1 aliphatic carbocycles. The van der Waals surface area contributed by atoms with Crippen molar-refractivity contribution in [2.45, 2.75) is 44.7 Å². The maximum Gasteiger partial charge on any atom is 0.172 e. The van der Waals surface area contributed by atoms with Gasteiger partial charge in [0, 0.05) is 17.3 Å². The first-order valence-corrected chi connectivity index (χ1v) is 9.73. The fraction of sp³-hybridized carbons (Fsp3) is 0.412. The number of nitrogens with zero attached hydrogens (tertiary/aromatic N) is 2. The molecule has 128 valence electrons. The molecule has 1 saturated carbocycles. The van der Waals surface area contributed by atoms with Crippen molar-refractivity contribution < 1.29 is 0 Å². The Labute approximate surface area is 161 Å². The van der Waals surface area contributed by atoms with Crippen molar-refractivity contribution in [1.82, 2.24) is 15.1 Å². The largest absolute Gasteiger partial charge is 0.360 e. The van der Waals surface area contributed by atoms with Crippen molar-refractivity contribution in [3.05, 3.63) is 45.5 Å². The number of hydrogen-bond donors (Lipinski definition) is 2. The van der Waals surface area contributed by atoms with Gasteiger partial charge in [0.15, 0.2) is 10.9 Å². The smallest absolute Gasteiger partial charge is 0.172 e. The molecule has 1 fully saturated rings. The van der Waals surface area contributed by atoms with E-state index in [1.54, 1.807) is 0 Å². The molecule has 0 saturated heterocycles. The van der Waals surface area contributed by atoms with Crippen LogP contribution in [0.15, 0.2) is 34.9 Å². The summed E-state index contributed by atoms with van der Waals surface area (Å²) >= 11 is 14.9. The van der Waals surface area contributed by atoms with Gasteiger partial charge < -0.3 is 10.6 Å². The number of anilines is 1. The molecule has 1 aliphatic rings. The summed E-state index contributed by atoms with van der Waals surface area (Å²) in [5, 5.41) is 12.5. The van der Waals surface area contributed by atoms with E-state index in [0.717, 1.165) is 20.9 Å². The first kappa shape index (κ1) is 17.7. The Hall–Kier alpha value is -1.11. The predicted molar refractivity (Wildman–Crippen MR) is 107 cm³/mol. The molecule has 0 amide bonds. The maximum atomic E-state index is 5.92. The normalized spacial score (nSPS) is 15.2. The van der Waals surface area contributed by atoms with Crippen LogP contribution in [0.3, 0.4) is 0 Å². The summed E-state index contributed by atoms with van der Waals surface area (Å²) in [6.45, 7) is 0.681. The van der Waals surface area contributed by atoms with E-state index in [1.807, 2.05) is 35.1 Å². The van der Waals surface area contributed by atoms with E-state index in [-0.39, 0.29) is 0 Å². The average Bonchev–Trinajstić information content (AvgIpc) is 2.90. The molecule has 0 atom stereocenters.